The van der Waals surface area contributed by atoms with Crippen LogP contribution in [0.2, 0.25) is 0 Å². The summed E-state index contributed by atoms with van der Waals surface area (Å²) in [5.74, 6) is 0. The maximum absolute atomic E-state index is 4.28. The van der Waals surface area contributed by atoms with Crippen LogP contribution in [0.4, 0.5) is 5.69 Å². The normalized spacial score (nSPS) is 12.4. The summed E-state index contributed by atoms with van der Waals surface area (Å²) in [5.41, 5.74) is 2.32. The fraction of sp³-hybridized carbons (Fsp3) is 0.308. The third kappa shape index (κ3) is 3.09. The van der Waals surface area contributed by atoms with E-state index in [1.54, 1.807) is 0 Å². The molecule has 0 bridgehead atoms. The van der Waals surface area contributed by atoms with Crippen LogP contribution in [-0.2, 0) is 6.54 Å². The Labute approximate surface area is 110 Å². The van der Waals surface area contributed by atoms with Crippen LogP contribution >= 0.6 is 15.9 Å². The van der Waals surface area contributed by atoms with Crippen LogP contribution in [0.5, 0.6) is 0 Å². The number of halogens is 1. The molecule has 0 aliphatic heterocycles. The van der Waals surface area contributed by atoms with Gasteiger partial charge in [-0.15, -0.1) is 0 Å². The number of anilines is 1. The van der Waals surface area contributed by atoms with Crippen LogP contribution in [-0.4, -0.2) is 9.78 Å². The van der Waals surface area contributed by atoms with Crippen LogP contribution in [0.1, 0.15) is 25.5 Å². The standard InChI is InChI=1S/C13H16BrN3/c1-3-17-9-11(8-15-17)10(2)16-13-6-4-12(14)5-7-13/h4-10,16H,3H2,1-2H3. The van der Waals surface area contributed by atoms with Gasteiger partial charge in [0.05, 0.1) is 12.2 Å². The molecule has 3 nitrogen and oxygen atoms in total. The SMILES string of the molecule is CCn1cc(C(C)Nc2ccc(Br)cc2)cn1. The molecular formula is C13H16BrN3. The molecule has 4 heteroatoms. The van der Waals surface area contributed by atoms with Crippen LogP contribution in [0.25, 0.3) is 0 Å². The van der Waals surface area contributed by atoms with E-state index >= 15 is 0 Å². The molecule has 2 rings (SSSR count). The lowest BCUT2D eigenvalue weighted by Crippen LogP contribution is -2.05. The Morgan fingerprint density at radius 2 is 2.06 bits per heavy atom. The van der Waals surface area contributed by atoms with Crippen molar-refractivity contribution in [1.82, 2.24) is 9.78 Å². The molecule has 1 unspecified atom stereocenters. The Morgan fingerprint density at radius 1 is 1.35 bits per heavy atom. The fourth-order valence-corrected chi connectivity index (χ4v) is 1.92. The van der Waals surface area contributed by atoms with Gasteiger partial charge in [0, 0.05) is 28.5 Å². The van der Waals surface area contributed by atoms with Crippen molar-refractivity contribution >= 4 is 21.6 Å². The van der Waals surface area contributed by atoms with Crippen molar-refractivity contribution in [1.29, 1.82) is 0 Å². The largest absolute Gasteiger partial charge is 0.378 e. The Morgan fingerprint density at radius 3 is 2.65 bits per heavy atom. The maximum atomic E-state index is 4.28. The third-order valence-corrected chi connectivity index (χ3v) is 3.23. The average Bonchev–Trinajstić information content (AvgIpc) is 2.81. The molecule has 0 radical (unpaired) electrons. The predicted octanol–water partition coefficient (Wildman–Crippen LogP) is 3.84. The molecule has 1 atom stereocenters. The first-order valence-corrected chi connectivity index (χ1v) is 6.53. The molecule has 90 valence electrons. The summed E-state index contributed by atoms with van der Waals surface area (Å²) in [5, 5.41) is 7.73. The van der Waals surface area contributed by atoms with Crippen molar-refractivity contribution in [2.45, 2.75) is 26.4 Å². The van der Waals surface area contributed by atoms with Crippen molar-refractivity contribution in [3.63, 3.8) is 0 Å². The molecule has 17 heavy (non-hydrogen) atoms. The molecule has 0 aliphatic rings. The monoisotopic (exact) mass is 293 g/mol. The van der Waals surface area contributed by atoms with E-state index in [4.69, 9.17) is 0 Å². The molecule has 0 amide bonds. The minimum atomic E-state index is 0.261. The zero-order valence-corrected chi connectivity index (χ0v) is 11.6. The van der Waals surface area contributed by atoms with Crippen molar-refractivity contribution in [3.05, 3.63) is 46.7 Å². The van der Waals surface area contributed by atoms with Gasteiger partial charge in [0.25, 0.3) is 0 Å². The van der Waals surface area contributed by atoms with Gasteiger partial charge < -0.3 is 5.32 Å². The van der Waals surface area contributed by atoms with Crippen molar-refractivity contribution in [2.24, 2.45) is 0 Å². The first-order valence-electron chi connectivity index (χ1n) is 5.73. The van der Waals surface area contributed by atoms with Gasteiger partial charge in [0.1, 0.15) is 0 Å². The zero-order chi connectivity index (χ0) is 12.3. The Hall–Kier alpha value is -1.29. The van der Waals surface area contributed by atoms with E-state index in [0.717, 1.165) is 16.7 Å². The number of aryl methyl sites for hydroxylation is 1. The fourth-order valence-electron chi connectivity index (χ4n) is 1.66. The van der Waals surface area contributed by atoms with E-state index in [0.29, 0.717) is 0 Å². The predicted molar refractivity (Wildman–Crippen MR) is 74.1 cm³/mol. The summed E-state index contributed by atoms with van der Waals surface area (Å²) in [4.78, 5) is 0. The van der Waals surface area contributed by atoms with E-state index in [2.05, 4.69) is 58.5 Å². The highest BCUT2D eigenvalue weighted by Crippen LogP contribution is 2.20. The molecule has 0 saturated heterocycles. The molecule has 0 fully saturated rings. The Kier molecular flexibility index (Phi) is 3.84. The summed E-state index contributed by atoms with van der Waals surface area (Å²) >= 11 is 3.43. The van der Waals surface area contributed by atoms with Crippen LogP contribution in [0.15, 0.2) is 41.1 Å². The molecule has 1 heterocycles. The molecule has 1 aromatic carbocycles. The molecule has 1 aromatic heterocycles. The van der Waals surface area contributed by atoms with Crippen LogP contribution in [0, 0.1) is 0 Å². The number of aromatic nitrogens is 2. The maximum Gasteiger partial charge on any atom is 0.0542 e. The van der Waals surface area contributed by atoms with Gasteiger partial charge in [0.2, 0.25) is 0 Å². The first kappa shape index (κ1) is 12.2. The lowest BCUT2D eigenvalue weighted by Gasteiger charge is -2.13. The minimum absolute atomic E-state index is 0.261. The number of nitrogens with zero attached hydrogens (tertiary/aromatic N) is 2. The van der Waals surface area contributed by atoms with Crippen LogP contribution < -0.4 is 5.32 Å². The lowest BCUT2D eigenvalue weighted by molar-refractivity contribution is 0.658. The summed E-state index contributed by atoms with van der Waals surface area (Å²) in [6.45, 7) is 5.13. The Bertz CT molecular complexity index is 476. The van der Waals surface area contributed by atoms with Gasteiger partial charge in [-0.25, -0.2) is 0 Å². The van der Waals surface area contributed by atoms with Crippen molar-refractivity contribution in [3.8, 4) is 0 Å². The van der Waals surface area contributed by atoms with Crippen molar-refractivity contribution in [2.75, 3.05) is 5.32 Å². The van der Waals surface area contributed by atoms with Crippen LogP contribution in [0.3, 0.4) is 0 Å². The highest BCUT2D eigenvalue weighted by Gasteiger charge is 2.07. The number of rotatable bonds is 4. The summed E-state index contributed by atoms with van der Waals surface area (Å²) in [6, 6.07) is 8.45. The number of hydrogen-bond acceptors (Lipinski definition) is 2. The molecule has 0 spiro atoms. The van der Waals surface area contributed by atoms with Gasteiger partial charge in [-0.1, -0.05) is 15.9 Å². The highest BCUT2D eigenvalue weighted by atomic mass is 79.9. The van der Waals surface area contributed by atoms with Gasteiger partial charge >= 0.3 is 0 Å². The van der Waals surface area contributed by atoms with E-state index < -0.39 is 0 Å². The third-order valence-electron chi connectivity index (χ3n) is 2.70. The molecule has 0 saturated carbocycles. The topological polar surface area (TPSA) is 29.9 Å². The van der Waals surface area contributed by atoms with Crippen molar-refractivity contribution < 1.29 is 0 Å². The second kappa shape index (κ2) is 5.36. The van der Waals surface area contributed by atoms with E-state index in [-0.39, 0.29) is 6.04 Å². The smallest absolute Gasteiger partial charge is 0.0542 e. The second-order valence-corrected chi connectivity index (χ2v) is 4.92. The van der Waals surface area contributed by atoms with Gasteiger partial charge in [-0.2, -0.15) is 5.10 Å². The number of hydrogen-bond donors (Lipinski definition) is 1. The number of benzene rings is 1. The summed E-state index contributed by atoms with van der Waals surface area (Å²) in [7, 11) is 0. The van der Waals surface area contributed by atoms with E-state index in [1.807, 2.05) is 23.0 Å². The highest BCUT2D eigenvalue weighted by molar-refractivity contribution is 9.10. The summed E-state index contributed by atoms with van der Waals surface area (Å²) in [6.07, 6.45) is 4.00. The second-order valence-electron chi connectivity index (χ2n) is 4.00. The molecular weight excluding hydrogens is 278 g/mol. The minimum Gasteiger partial charge on any atom is -0.378 e. The first-order chi connectivity index (χ1) is 8.19. The van der Waals surface area contributed by atoms with E-state index in [1.165, 1.54) is 5.56 Å². The zero-order valence-electron chi connectivity index (χ0n) is 10.0. The van der Waals surface area contributed by atoms with Gasteiger partial charge in [-0.3, -0.25) is 4.68 Å². The molecule has 1 N–H and O–H groups in total. The lowest BCUT2D eigenvalue weighted by atomic mass is 10.2. The van der Waals surface area contributed by atoms with Gasteiger partial charge in [-0.05, 0) is 38.1 Å². The van der Waals surface area contributed by atoms with Gasteiger partial charge in [0.15, 0.2) is 0 Å². The summed E-state index contributed by atoms with van der Waals surface area (Å²) < 4.78 is 3.03. The molecule has 2 aromatic rings. The molecule has 0 aliphatic carbocycles. The number of nitrogens with one attached hydrogen (secondary N) is 1. The van der Waals surface area contributed by atoms with E-state index in [9.17, 15) is 0 Å². The average molecular weight is 294 g/mol. The quantitative estimate of drug-likeness (QED) is 0.928. The Balaban J connectivity index is 2.05.